The summed E-state index contributed by atoms with van der Waals surface area (Å²) in [7, 11) is 4.43. The molecule has 1 spiro atoms. The maximum Gasteiger partial charge on any atom is 0.320 e. The molecule has 3 fully saturated rings. The number of rotatable bonds is 6. The molecule has 1 saturated heterocycles. The van der Waals surface area contributed by atoms with E-state index in [9.17, 15) is 4.79 Å². The highest BCUT2D eigenvalue weighted by molar-refractivity contribution is 5.78. The van der Waals surface area contributed by atoms with Gasteiger partial charge in [-0.1, -0.05) is 42.8 Å². The summed E-state index contributed by atoms with van der Waals surface area (Å²) < 4.78 is 0. The summed E-state index contributed by atoms with van der Waals surface area (Å²) in [6.07, 6.45) is 9.94. The Labute approximate surface area is 192 Å². The van der Waals surface area contributed by atoms with Crippen molar-refractivity contribution in [2.75, 3.05) is 27.2 Å². The number of hydrogen-bond acceptors (Lipinski definition) is 3. The largest absolute Gasteiger partial charge is 0.320 e. The fourth-order valence-corrected chi connectivity index (χ4v) is 6.20. The first-order valence-corrected chi connectivity index (χ1v) is 12.2. The van der Waals surface area contributed by atoms with Gasteiger partial charge in [0.1, 0.15) is 0 Å². The molecule has 170 valence electrons. The van der Waals surface area contributed by atoms with Gasteiger partial charge in [0.15, 0.2) is 0 Å². The minimum absolute atomic E-state index is 0.0459. The summed E-state index contributed by atoms with van der Waals surface area (Å²) in [5.74, 6) is 0.681. The highest BCUT2D eigenvalue weighted by atomic mass is 16.2. The van der Waals surface area contributed by atoms with Crippen molar-refractivity contribution in [1.29, 1.82) is 0 Å². The zero-order valence-electron chi connectivity index (χ0n) is 19.5. The van der Waals surface area contributed by atoms with Crippen LogP contribution in [-0.2, 0) is 12.1 Å². The maximum atomic E-state index is 13.6. The summed E-state index contributed by atoms with van der Waals surface area (Å²) in [5, 5.41) is 0. The van der Waals surface area contributed by atoms with Crippen LogP contribution in [0, 0.1) is 5.92 Å². The van der Waals surface area contributed by atoms with Crippen LogP contribution in [0.4, 0.5) is 4.79 Å². The molecule has 5 nitrogen and oxygen atoms in total. The third kappa shape index (κ3) is 3.71. The molecule has 2 aromatic rings. The van der Waals surface area contributed by atoms with Crippen molar-refractivity contribution in [3.8, 4) is 0 Å². The van der Waals surface area contributed by atoms with Crippen molar-refractivity contribution in [3.05, 3.63) is 66.0 Å². The fraction of sp³-hybridized carbons (Fsp3) is 0.556. The molecule has 0 N–H and O–H groups in total. The second-order valence-electron chi connectivity index (χ2n) is 10.4. The second-order valence-corrected chi connectivity index (χ2v) is 10.4. The van der Waals surface area contributed by atoms with E-state index in [4.69, 9.17) is 0 Å². The standard InChI is InChI=1S/C27H36N4O/c1-29(2)27(23-11-4-3-5-12-23)16-14-26(15-17-27)21-30(20-24-13-6-7-18-28-24)25(32)31(26)19-22-9-8-10-22/h3-7,11-13,18,22H,8-10,14-17,19-21H2,1-2H3/t26-,27+. The molecule has 0 atom stereocenters. The first-order valence-electron chi connectivity index (χ1n) is 12.2. The van der Waals surface area contributed by atoms with Crippen LogP contribution in [0.2, 0.25) is 0 Å². The molecule has 2 aliphatic carbocycles. The van der Waals surface area contributed by atoms with E-state index in [1.807, 2.05) is 24.4 Å². The van der Waals surface area contributed by atoms with Gasteiger partial charge in [0.05, 0.1) is 17.8 Å². The van der Waals surface area contributed by atoms with Crippen LogP contribution in [0.15, 0.2) is 54.7 Å². The van der Waals surface area contributed by atoms with E-state index >= 15 is 0 Å². The number of nitrogens with zero attached hydrogens (tertiary/aromatic N) is 4. The van der Waals surface area contributed by atoms with Crippen LogP contribution in [0.1, 0.15) is 56.2 Å². The van der Waals surface area contributed by atoms with Gasteiger partial charge in [0, 0.05) is 24.8 Å². The van der Waals surface area contributed by atoms with Crippen molar-refractivity contribution in [2.45, 2.75) is 62.6 Å². The Morgan fingerprint density at radius 3 is 2.31 bits per heavy atom. The van der Waals surface area contributed by atoms with Crippen LogP contribution in [0.5, 0.6) is 0 Å². The van der Waals surface area contributed by atoms with Crippen molar-refractivity contribution >= 4 is 6.03 Å². The van der Waals surface area contributed by atoms with Gasteiger partial charge in [-0.15, -0.1) is 0 Å². The van der Waals surface area contributed by atoms with Crippen molar-refractivity contribution in [3.63, 3.8) is 0 Å². The molecule has 5 heteroatoms. The van der Waals surface area contributed by atoms with Gasteiger partial charge in [-0.05, 0) is 76.2 Å². The van der Waals surface area contributed by atoms with Gasteiger partial charge in [0.2, 0.25) is 0 Å². The predicted octanol–water partition coefficient (Wildman–Crippen LogP) is 4.89. The number of amides is 2. The average molecular weight is 433 g/mol. The van der Waals surface area contributed by atoms with Crippen LogP contribution < -0.4 is 0 Å². The Morgan fingerprint density at radius 2 is 1.72 bits per heavy atom. The van der Waals surface area contributed by atoms with Gasteiger partial charge in [-0.25, -0.2) is 4.79 Å². The highest BCUT2D eigenvalue weighted by Crippen LogP contribution is 2.49. The molecule has 0 radical (unpaired) electrons. The van der Waals surface area contributed by atoms with E-state index in [0.717, 1.165) is 44.5 Å². The van der Waals surface area contributed by atoms with E-state index in [2.05, 4.69) is 64.1 Å². The van der Waals surface area contributed by atoms with Gasteiger partial charge < -0.3 is 9.80 Å². The maximum absolute atomic E-state index is 13.6. The van der Waals surface area contributed by atoms with Crippen LogP contribution in [-0.4, -0.2) is 58.4 Å². The van der Waals surface area contributed by atoms with Gasteiger partial charge >= 0.3 is 6.03 Å². The molecule has 2 amide bonds. The Kier molecular flexibility index (Phi) is 5.70. The number of pyridine rings is 1. The molecular weight excluding hydrogens is 396 g/mol. The molecule has 1 aromatic carbocycles. The van der Waals surface area contributed by atoms with E-state index < -0.39 is 0 Å². The number of benzene rings is 1. The monoisotopic (exact) mass is 432 g/mol. The zero-order chi connectivity index (χ0) is 22.2. The molecule has 0 bridgehead atoms. The number of urea groups is 1. The van der Waals surface area contributed by atoms with Gasteiger partial charge in [0.25, 0.3) is 0 Å². The van der Waals surface area contributed by atoms with E-state index in [1.165, 1.54) is 24.8 Å². The summed E-state index contributed by atoms with van der Waals surface area (Å²) in [6.45, 7) is 2.37. The second kappa shape index (κ2) is 8.51. The summed E-state index contributed by atoms with van der Waals surface area (Å²) in [4.78, 5) is 24.9. The third-order valence-corrected chi connectivity index (χ3v) is 8.48. The molecule has 2 heterocycles. The van der Waals surface area contributed by atoms with Crippen LogP contribution in [0.25, 0.3) is 0 Å². The molecule has 2 saturated carbocycles. The lowest BCUT2D eigenvalue weighted by Crippen LogP contribution is -2.56. The normalized spacial score (nSPS) is 28.5. The van der Waals surface area contributed by atoms with Crippen molar-refractivity contribution in [1.82, 2.24) is 19.7 Å². The molecule has 5 rings (SSSR count). The highest BCUT2D eigenvalue weighted by Gasteiger charge is 2.54. The lowest BCUT2D eigenvalue weighted by Gasteiger charge is -2.51. The van der Waals surface area contributed by atoms with Gasteiger partial charge in [-0.2, -0.15) is 0 Å². The lowest BCUT2D eigenvalue weighted by atomic mass is 9.68. The predicted molar refractivity (Wildman–Crippen MR) is 127 cm³/mol. The lowest BCUT2D eigenvalue weighted by molar-refractivity contribution is 0.0159. The van der Waals surface area contributed by atoms with E-state index in [-0.39, 0.29) is 17.1 Å². The number of carbonyl (C=O) groups is 1. The minimum Gasteiger partial charge on any atom is -0.317 e. The number of aromatic nitrogens is 1. The number of hydrogen-bond donors (Lipinski definition) is 0. The summed E-state index contributed by atoms with van der Waals surface area (Å²) in [6, 6.07) is 17.2. The minimum atomic E-state index is -0.0459. The van der Waals surface area contributed by atoms with Crippen molar-refractivity contribution < 1.29 is 4.79 Å². The summed E-state index contributed by atoms with van der Waals surface area (Å²) in [5.41, 5.74) is 2.38. The van der Waals surface area contributed by atoms with Crippen LogP contribution in [0.3, 0.4) is 0 Å². The zero-order valence-corrected chi connectivity index (χ0v) is 19.5. The summed E-state index contributed by atoms with van der Waals surface area (Å²) >= 11 is 0. The Bertz CT molecular complexity index is 917. The first kappa shape index (κ1) is 21.4. The van der Waals surface area contributed by atoms with Crippen LogP contribution >= 0.6 is 0 Å². The SMILES string of the molecule is CN(C)[C@]1(c2ccccc2)CC[C@]2(CC1)CN(Cc1ccccn1)C(=O)N2CC1CCC1. The fourth-order valence-electron chi connectivity index (χ4n) is 6.20. The molecule has 1 aliphatic heterocycles. The molecular formula is C27H36N4O. The topological polar surface area (TPSA) is 39.7 Å². The Morgan fingerprint density at radius 1 is 1.00 bits per heavy atom. The average Bonchev–Trinajstić information content (AvgIpc) is 3.03. The quantitative estimate of drug-likeness (QED) is 0.652. The molecule has 32 heavy (non-hydrogen) atoms. The molecule has 3 aliphatic rings. The van der Waals surface area contributed by atoms with E-state index in [0.29, 0.717) is 12.5 Å². The first-order chi connectivity index (χ1) is 15.5. The molecule has 1 aromatic heterocycles. The number of carbonyl (C=O) groups excluding carboxylic acids is 1. The Balaban J connectivity index is 1.40. The van der Waals surface area contributed by atoms with Gasteiger partial charge in [-0.3, -0.25) is 9.88 Å². The Hall–Kier alpha value is -2.40. The van der Waals surface area contributed by atoms with E-state index in [1.54, 1.807) is 0 Å². The smallest absolute Gasteiger partial charge is 0.317 e. The molecule has 0 unspecified atom stereocenters. The van der Waals surface area contributed by atoms with Crippen molar-refractivity contribution in [2.24, 2.45) is 5.92 Å². The third-order valence-electron chi connectivity index (χ3n) is 8.48.